The quantitative estimate of drug-likeness (QED) is 0.273. The molecule has 1 aromatic heterocycles. The summed E-state index contributed by atoms with van der Waals surface area (Å²) in [6.07, 6.45) is 2.36. The largest absolute Gasteiger partial charge is 0.394 e. The van der Waals surface area contributed by atoms with Gasteiger partial charge in [-0.2, -0.15) is 0 Å². The number of Topliss-reactive ketones (excluding diaryl/α,β-unsaturated/α-hetero) is 1. The van der Waals surface area contributed by atoms with E-state index in [1.54, 1.807) is 0 Å². The minimum Gasteiger partial charge on any atom is -0.394 e. The molecule has 0 aliphatic rings. The molecule has 0 aliphatic heterocycles. The maximum Gasteiger partial charge on any atom is 0.254 e. The molecule has 0 radical (unpaired) electrons. The molecule has 1 heterocycles. The topological polar surface area (TPSA) is 42.1 Å². The lowest BCUT2D eigenvalue weighted by molar-refractivity contribution is -0.126. The van der Waals surface area contributed by atoms with Crippen molar-refractivity contribution < 1.29 is 9.22 Å². The van der Waals surface area contributed by atoms with Crippen LogP contribution >= 0.6 is 0 Å². The van der Waals surface area contributed by atoms with Crippen molar-refractivity contribution in [3.8, 4) is 0 Å². The van der Waals surface area contributed by atoms with E-state index in [9.17, 15) is 4.79 Å². The number of hydrogen-bond acceptors (Lipinski definition) is 2. The molecule has 5 rings (SSSR count). The number of nitrogens with one attached hydrogen (secondary N) is 1. The zero-order valence-corrected chi connectivity index (χ0v) is 20.9. The van der Waals surface area contributed by atoms with E-state index in [0.717, 1.165) is 32.4 Å². The maximum absolute atomic E-state index is 13.9. The van der Waals surface area contributed by atoms with Gasteiger partial charge < -0.3 is 9.41 Å². The minimum absolute atomic E-state index is 0.0986. The van der Waals surface area contributed by atoms with Gasteiger partial charge >= 0.3 is 0 Å². The number of ketones is 1. The van der Waals surface area contributed by atoms with Crippen molar-refractivity contribution in [2.45, 2.75) is 25.5 Å². The first-order valence-electron chi connectivity index (χ1n) is 12.1. The second-order valence-corrected chi connectivity index (χ2v) is 12.5. The molecule has 3 nitrogen and oxygen atoms in total. The SMILES string of the molecule is C[Si](OC(C(=O)CCc1ccccc1)c1cccc2cc[nH]c12)(c1ccccc1)c1ccccc1. The third kappa shape index (κ3) is 4.90. The first-order chi connectivity index (χ1) is 17.1. The van der Waals surface area contributed by atoms with Gasteiger partial charge in [-0.05, 0) is 40.4 Å². The number of H-pyrrole nitrogens is 1. The highest BCUT2D eigenvalue weighted by Crippen LogP contribution is 2.30. The van der Waals surface area contributed by atoms with Gasteiger partial charge in [0.05, 0.1) is 5.52 Å². The molecule has 0 aliphatic carbocycles. The van der Waals surface area contributed by atoms with Gasteiger partial charge in [0.15, 0.2) is 5.78 Å². The summed E-state index contributed by atoms with van der Waals surface area (Å²) in [5, 5.41) is 3.37. The summed E-state index contributed by atoms with van der Waals surface area (Å²) in [5.41, 5.74) is 3.02. The number of para-hydroxylation sites is 1. The van der Waals surface area contributed by atoms with Gasteiger partial charge in [-0.3, -0.25) is 4.79 Å². The van der Waals surface area contributed by atoms with Crippen LogP contribution < -0.4 is 10.4 Å². The highest BCUT2D eigenvalue weighted by atomic mass is 28.4. The third-order valence-electron chi connectivity index (χ3n) is 6.70. The van der Waals surface area contributed by atoms with Crippen LogP contribution in [0.25, 0.3) is 10.9 Å². The molecular weight excluding hydrogens is 446 g/mol. The number of aromatic amines is 1. The van der Waals surface area contributed by atoms with Crippen molar-refractivity contribution in [2.75, 3.05) is 0 Å². The second-order valence-electron chi connectivity index (χ2n) is 9.00. The molecule has 0 saturated carbocycles. The Morgan fingerprint density at radius 3 is 2.00 bits per heavy atom. The first-order valence-corrected chi connectivity index (χ1v) is 14.5. The molecule has 1 N–H and O–H groups in total. The van der Waals surface area contributed by atoms with Gasteiger partial charge in [-0.1, -0.05) is 109 Å². The number of benzene rings is 4. The summed E-state index contributed by atoms with van der Waals surface area (Å²) in [5.74, 6) is 0.0986. The van der Waals surface area contributed by atoms with Crippen LogP contribution in [0.4, 0.5) is 0 Å². The van der Waals surface area contributed by atoms with Gasteiger partial charge in [-0.25, -0.2) is 0 Å². The highest BCUT2D eigenvalue weighted by Gasteiger charge is 2.39. The smallest absolute Gasteiger partial charge is 0.254 e. The van der Waals surface area contributed by atoms with E-state index < -0.39 is 14.4 Å². The fourth-order valence-corrected chi connectivity index (χ4v) is 7.72. The van der Waals surface area contributed by atoms with E-state index in [1.165, 1.54) is 0 Å². The Hall–Kier alpha value is -3.73. The van der Waals surface area contributed by atoms with Gasteiger partial charge in [-0.15, -0.1) is 0 Å². The molecule has 0 saturated heterocycles. The van der Waals surface area contributed by atoms with Crippen LogP contribution in [0, 0.1) is 0 Å². The van der Waals surface area contributed by atoms with Gasteiger partial charge in [0, 0.05) is 18.2 Å². The molecule has 35 heavy (non-hydrogen) atoms. The van der Waals surface area contributed by atoms with E-state index in [2.05, 4.69) is 54.0 Å². The van der Waals surface area contributed by atoms with E-state index in [-0.39, 0.29) is 5.78 Å². The van der Waals surface area contributed by atoms with Crippen molar-refractivity contribution >= 4 is 35.4 Å². The molecule has 4 aromatic carbocycles. The zero-order valence-electron chi connectivity index (χ0n) is 19.9. The number of aryl methyl sites for hydroxylation is 1. The predicted octanol–water partition coefficient (Wildman–Crippen LogP) is 5.82. The molecule has 1 atom stereocenters. The number of rotatable bonds is 9. The Kier molecular flexibility index (Phi) is 6.75. The van der Waals surface area contributed by atoms with Crippen molar-refractivity contribution in [1.29, 1.82) is 0 Å². The van der Waals surface area contributed by atoms with Crippen molar-refractivity contribution in [3.05, 3.63) is 133 Å². The van der Waals surface area contributed by atoms with E-state index in [1.807, 2.05) is 79.0 Å². The molecule has 1 unspecified atom stereocenters. The van der Waals surface area contributed by atoms with E-state index in [0.29, 0.717) is 12.8 Å². The van der Waals surface area contributed by atoms with Gasteiger partial charge in [0.2, 0.25) is 0 Å². The molecule has 0 amide bonds. The number of carbonyl (C=O) groups excluding carboxylic acids is 1. The number of aromatic nitrogens is 1. The summed E-state index contributed by atoms with van der Waals surface area (Å²) in [4.78, 5) is 17.3. The number of hydrogen-bond donors (Lipinski definition) is 1. The van der Waals surface area contributed by atoms with Gasteiger partial charge in [0.1, 0.15) is 6.10 Å². The summed E-state index contributed by atoms with van der Waals surface area (Å²) in [7, 11) is -2.72. The Morgan fingerprint density at radius 1 is 0.771 bits per heavy atom. The average Bonchev–Trinajstić information content (AvgIpc) is 3.41. The summed E-state index contributed by atoms with van der Waals surface area (Å²) >= 11 is 0. The van der Waals surface area contributed by atoms with Crippen LogP contribution in [-0.2, 0) is 15.6 Å². The molecular formula is C31H29NO2Si. The van der Waals surface area contributed by atoms with Crippen LogP contribution in [0.1, 0.15) is 23.7 Å². The minimum atomic E-state index is -2.72. The fraction of sp³-hybridized carbons (Fsp3) is 0.129. The molecule has 5 aromatic rings. The zero-order chi connectivity index (χ0) is 24.1. The Morgan fingerprint density at radius 2 is 1.37 bits per heavy atom. The average molecular weight is 476 g/mol. The van der Waals surface area contributed by atoms with Crippen LogP contribution in [0.2, 0.25) is 6.55 Å². The normalized spacial score (nSPS) is 12.5. The standard InChI is InChI=1S/C31H29NO2Si/c1-35(26-15-7-3-8-16-26,27-17-9-4-10-18-27)34-31(28-19-11-14-25-22-23-32-30(25)28)29(33)21-20-24-12-5-2-6-13-24/h2-19,22-23,31-32H,20-21H2,1H3. The second kappa shape index (κ2) is 10.3. The lowest BCUT2D eigenvalue weighted by Crippen LogP contribution is -2.59. The molecule has 174 valence electrons. The summed E-state index contributed by atoms with van der Waals surface area (Å²) < 4.78 is 7.09. The summed E-state index contributed by atoms with van der Waals surface area (Å²) in [6, 6.07) is 39.0. The predicted molar refractivity (Wildman–Crippen MR) is 146 cm³/mol. The van der Waals surface area contributed by atoms with Crippen LogP contribution in [0.5, 0.6) is 0 Å². The van der Waals surface area contributed by atoms with Gasteiger partial charge in [0.25, 0.3) is 8.32 Å². The Labute approximate surface area is 207 Å². The maximum atomic E-state index is 13.9. The monoisotopic (exact) mass is 475 g/mol. The molecule has 4 heteroatoms. The Balaban J connectivity index is 1.57. The third-order valence-corrected chi connectivity index (χ3v) is 10.3. The Bertz CT molecular complexity index is 1360. The van der Waals surface area contributed by atoms with Crippen molar-refractivity contribution in [2.24, 2.45) is 0 Å². The molecule has 0 fully saturated rings. The lowest BCUT2D eigenvalue weighted by Gasteiger charge is -2.33. The number of carbonyl (C=O) groups is 1. The molecule has 0 bridgehead atoms. The lowest BCUT2D eigenvalue weighted by atomic mass is 9.98. The van der Waals surface area contributed by atoms with Crippen molar-refractivity contribution in [1.82, 2.24) is 4.98 Å². The van der Waals surface area contributed by atoms with E-state index in [4.69, 9.17) is 4.43 Å². The summed E-state index contributed by atoms with van der Waals surface area (Å²) in [6.45, 7) is 2.20. The van der Waals surface area contributed by atoms with E-state index >= 15 is 0 Å². The highest BCUT2D eigenvalue weighted by molar-refractivity contribution is 6.96. The van der Waals surface area contributed by atoms with Crippen molar-refractivity contribution in [3.63, 3.8) is 0 Å². The first kappa shape index (κ1) is 23.0. The van der Waals surface area contributed by atoms with Crippen LogP contribution in [0.15, 0.2) is 121 Å². The molecule has 0 spiro atoms. The number of fused-ring (bicyclic) bond motifs is 1. The fourth-order valence-electron chi connectivity index (χ4n) is 4.72. The van der Waals surface area contributed by atoms with Crippen LogP contribution in [0.3, 0.4) is 0 Å². The van der Waals surface area contributed by atoms with Crippen LogP contribution in [-0.4, -0.2) is 19.1 Å².